The number of allylic oxidation sites excluding steroid dienone is 1. The minimum atomic E-state index is -1.83. The van der Waals surface area contributed by atoms with Crippen molar-refractivity contribution in [1.82, 2.24) is 4.90 Å². The lowest BCUT2D eigenvalue weighted by Gasteiger charge is -2.57. The summed E-state index contributed by atoms with van der Waals surface area (Å²) < 4.78 is 19.5. The van der Waals surface area contributed by atoms with E-state index >= 15 is 0 Å². The van der Waals surface area contributed by atoms with Crippen molar-refractivity contribution in [2.75, 3.05) is 33.9 Å². The van der Waals surface area contributed by atoms with Gasteiger partial charge in [-0.15, -0.1) is 0 Å². The Labute approximate surface area is 222 Å². The predicted octanol–water partition coefficient (Wildman–Crippen LogP) is 6.23. The van der Waals surface area contributed by atoms with Crippen LogP contribution in [0.5, 0.6) is 0 Å². The maximum Gasteiger partial charge on any atom is 0.192 e. The van der Waals surface area contributed by atoms with Crippen molar-refractivity contribution in [3.63, 3.8) is 0 Å². The van der Waals surface area contributed by atoms with Gasteiger partial charge in [-0.25, -0.2) is 0 Å². The molecule has 1 saturated heterocycles. The first-order chi connectivity index (χ1) is 16.7. The zero-order chi connectivity index (χ0) is 26.6. The highest BCUT2D eigenvalue weighted by Gasteiger charge is 2.66. The zero-order valence-corrected chi connectivity index (χ0v) is 25.7. The SMILES string of the molecule is CN(C)CC=C[C@H]1C[C@@H](O[Si](C)(C)C(C)(C)C)CC[C@]1(C)C1CC[C@@]2(C)C(CCC23OCCO3)[C@@H]1O. The van der Waals surface area contributed by atoms with E-state index in [4.69, 9.17) is 13.9 Å². The van der Waals surface area contributed by atoms with Crippen molar-refractivity contribution in [1.29, 1.82) is 0 Å². The largest absolute Gasteiger partial charge is 0.414 e. The van der Waals surface area contributed by atoms with E-state index in [1.165, 1.54) is 0 Å². The molecule has 7 atom stereocenters. The normalized spacial score (nSPS) is 41.5. The van der Waals surface area contributed by atoms with E-state index in [1.54, 1.807) is 0 Å². The molecule has 3 aliphatic carbocycles. The molecule has 4 rings (SSSR count). The number of rotatable bonds is 6. The van der Waals surface area contributed by atoms with Gasteiger partial charge in [0, 0.05) is 24.5 Å². The van der Waals surface area contributed by atoms with E-state index in [-0.39, 0.29) is 27.9 Å². The minimum absolute atomic E-state index is 0.0734. The van der Waals surface area contributed by atoms with Crippen molar-refractivity contribution < 1.29 is 19.0 Å². The van der Waals surface area contributed by atoms with Gasteiger partial charge in [0.25, 0.3) is 0 Å². The van der Waals surface area contributed by atoms with Crippen molar-refractivity contribution >= 4 is 8.32 Å². The van der Waals surface area contributed by atoms with Gasteiger partial charge < -0.3 is 23.9 Å². The molecular weight excluding hydrogens is 466 g/mol. The molecule has 3 saturated carbocycles. The summed E-state index contributed by atoms with van der Waals surface area (Å²) in [6.07, 6.45) is 12.2. The predicted molar refractivity (Wildman–Crippen MR) is 149 cm³/mol. The summed E-state index contributed by atoms with van der Waals surface area (Å²) in [5, 5.41) is 12.2. The van der Waals surface area contributed by atoms with Crippen molar-refractivity contribution in [2.24, 2.45) is 28.6 Å². The first-order valence-corrected chi connectivity index (χ1v) is 17.5. The highest BCUT2D eigenvalue weighted by atomic mass is 28.4. The molecule has 0 amide bonds. The molecule has 0 aromatic rings. The Morgan fingerprint density at radius 3 is 2.25 bits per heavy atom. The molecule has 1 spiro atoms. The number of ether oxygens (including phenoxy) is 2. The molecule has 4 aliphatic rings. The summed E-state index contributed by atoms with van der Waals surface area (Å²) in [5.74, 6) is 0.498. The number of likely N-dealkylation sites (N-methyl/N-ethyl adjacent to an activating group) is 1. The lowest BCUT2D eigenvalue weighted by atomic mass is 9.51. The molecule has 208 valence electrons. The second-order valence-electron chi connectivity index (χ2n) is 14.7. The Morgan fingerprint density at radius 2 is 1.64 bits per heavy atom. The molecule has 1 N–H and O–H groups in total. The molecule has 36 heavy (non-hydrogen) atoms. The quantitative estimate of drug-likeness (QED) is 0.332. The molecule has 2 unspecified atom stereocenters. The van der Waals surface area contributed by atoms with Gasteiger partial charge in [-0.3, -0.25) is 0 Å². The van der Waals surface area contributed by atoms with Crippen LogP contribution in [-0.4, -0.2) is 70.2 Å². The lowest BCUT2D eigenvalue weighted by molar-refractivity contribution is -0.249. The van der Waals surface area contributed by atoms with Gasteiger partial charge in [0.2, 0.25) is 0 Å². The number of hydrogen-bond donors (Lipinski definition) is 1. The van der Waals surface area contributed by atoms with Crippen LogP contribution in [0.15, 0.2) is 12.2 Å². The fourth-order valence-corrected chi connectivity index (χ4v) is 9.33. The van der Waals surface area contributed by atoms with Crippen LogP contribution in [0.3, 0.4) is 0 Å². The van der Waals surface area contributed by atoms with Gasteiger partial charge in [-0.2, -0.15) is 0 Å². The minimum Gasteiger partial charge on any atom is -0.414 e. The van der Waals surface area contributed by atoms with Crippen molar-refractivity contribution in [3.8, 4) is 0 Å². The van der Waals surface area contributed by atoms with Gasteiger partial charge >= 0.3 is 0 Å². The average molecular weight is 522 g/mol. The molecular formula is C30H55NO4Si. The second-order valence-corrected chi connectivity index (χ2v) is 19.5. The van der Waals surface area contributed by atoms with Crippen LogP contribution >= 0.6 is 0 Å². The van der Waals surface area contributed by atoms with Gasteiger partial charge in [-0.1, -0.05) is 46.8 Å². The summed E-state index contributed by atoms with van der Waals surface area (Å²) in [7, 11) is 2.43. The van der Waals surface area contributed by atoms with Crippen molar-refractivity contribution in [3.05, 3.63) is 12.2 Å². The van der Waals surface area contributed by atoms with Gasteiger partial charge in [0.15, 0.2) is 14.1 Å². The third-order valence-electron chi connectivity index (χ3n) is 11.3. The number of fused-ring (bicyclic) bond motifs is 2. The Morgan fingerprint density at radius 1 is 1.00 bits per heavy atom. The smallest absolute Gasteiger partial charge is 0.192 e. The third kappa shape index (κ3) is 4.93. The third-order valence-corrected chi connectivity index (χ3v) is 15.9. The van der Waals surface area contributed by atoms with Crippen LogP contribution in [0.4, 0.5) is 0 Å². The van der Waals surface area contributed by atoms with Crippen molar-refractivity contribution in [2.45, 2.75) is 116 Å². The second kappa shape index (κ2) is 10.1. The summed E-state index contributed by atoms with van der Waals surface area (Å²) in [5.41, 5.74) is -0.0152. The molecule has 5 nitrogen and oxygen atoms in total. The number of hydrogen-bond acceptors (Lipinski definition) is 5. The molecule has 4 fully saturated rings. The molecule has 0 aromatic heterocycles. The lowest BCUT2D eigenvalue weighted by Crippen LogP contribution is -2.57. The van der Waals surface area contributed by atoms with Crippen LogP contribution in [0, 0.1) is 28.6 Å². The van der Waals surface area contributed by atoms with Gasteiger partial charge in [-0.05, 0) is 93.9 Å². The maximum absolute atomic E-state index is 12.0. The van der Waals surface area contributed by atoms with Crippen LogP contribution in [0.2, 0.25) is 18.1 Å². The summed E-state index contributed by atoms with van der Waals surface area (Å²) in [6.45, 7) is 18.9. The zero-order valence-electron chi connectivity index (χ0n) is 24.7. The highest BCUT2D eigenvalue weighted by molar-refractivity contribution is 6.74. The average Bonchev–Trinajstić information content (AvgIpc) is 3.36. The molecule has 0 radical (unpaired) electrons. The first kappa shape index (κ1) is 28.8. The number of aliphatic hydroxyl groups excluding tert-OH is 1. The van der Waals surface area contributed by atoms with Crippen LogP contribution in [-0.2, 0) is 13.9 Å². The van der Waals surface area contributed by atoms with E-state index in [9.17, 15) is 5.11 Å². The summed E-state index contributed by atoms with van der Waals surface area (Å²) in [6, 6.07) is 0. The molecule has 0 aromatic carbocycles. The molecule has 0 bridgehead atoms. The number of nitrogens with zero attached hydrogens (tertiary/aromatic N) is 1. The first-order valence-electron chi connectivity index (χ1n) is 14.6. The molecule has 6 heteroatoms. The van der Waals surface area contributed by atoms with E-state index < -0.39 is 14.1 Å². The summed E-state index contributed by atoms with van der Waals surface area (Å²) in [4.78, 5) is 2.22. The fraction of sp³-hybridized carbons (Fsp3) is 0.933. The highest BCUT2D eigenvalue weighted by Crippen LogP contribution is 2.65. The van der Waals surface area contributed by atoms with E-state index in [1.807, 2.05) is 0 Å². The Kier molecular flexibility index (Phi) is 8.03. The standard InChI is InChI=1S/C30H55NO4Si/c1-27(2,3)36(8,9)35-23-12-15-28(4,22(21-23)11-10-18-31(6)7)24-13-16-29(5)25(26(24)32)14-17-30(29)33-19-20-34-30/h10-11,22-26,32H,12-21H2,1-9H3/t22-,23-,24?,25?,26+,28-,29-/m0/s1. The maximum atomic E-state index is 12.0. The Hall–Kier alpha value is -0.243. The topological polar surface area (TPSA) is 51.2 Å². The van der Waals surface area contributed by atoms with Crippen LogP contribution in [0.25, 0.3) is 0 Å². The Balaban J connectivity index is 1.56. The number of aliphatic hydroxyl groups is 1. The van der Waals surface area contributed by atoms with Gasteiger partial charge in [0.1, 0.15) is 0 Å². The van der Waals surface area contributed by atoms with Crippen LogP contribution < -0.4 is 0 Å². The van der Waals surface area contributed by atoms with Crippen LogP contribution in [0.1, 0.15) is 79.6 Å². The monoisotopic (exact) mass is 521 g/mol. The molecule has 1 heterocycles. The summed E-state index contributed by atoms with van der Waals surface area (Å²) >= 11 is 0. The fourth-order valence-electron chi connectivity index (χ4n) is 7.93. The Bertz CT molecular complexity index is 801. The van der Waals surface area contributed by atoms with Gasteiger partial charge in [0.05, 0.1) is 19.3 Å². The van der Waals surface area contributed by atoms with E-state index in [2.05, 4.69) is 78.9 Å². The van der Waals surface area contributed by atoms with E-state index in [0.29, 0.717) is 31.2 Å². The molecule has 1 aliphatic heterocycles. The van der Waals surface area contributed by atoms with E-state index in [0.717, 1.165) is 51.5 Å².